The van der Waals surface area contributed by atoms with Crippen molar-refractivity contribution in [3.05, 3.63) is 27.4 Å². The molecular formula is C13H19N3O4. The first-order valence-corrected chi connectivity index (χ1v) is 6.71. The van der Waals surface area contributed by atoms with Crippen LogP contribution in [0.15, 0.2) is 4.79 Å². The summed E-state index contributed by atoms with van der Waals surface area (Å²) in [5.41, 5.74) is 0.106. The van der Waals surface area contributed by atoms with Crippen molar-refractivity contribution in [1.82, 2.24) is 15.3 Å². The molecule has 1 saturated carbocycles. The Labute approximate surface area is 116 Å². The van der Waals surface area contributed by atoms with E-state index in [0.29, 0.717) is 17.4 Å². The summed E-state index contributed by atoms with van der Waals surface area (Å²) in [7, 11) is 0. The number of nitrogens with one attached hydrogen (secondary N) is 2. The van der Waals surface area contributed by atoms with E-state index in [0.717, 1.165) is 12.8 Å². The van der Waals surface area contributed by atoms with Gasteiger partial charge in [0, 0.05) is 12.5 Å². The number of ether oxygens (including phenoxy) is 1. The van der Waals surface area contributed by atoms with Crippen molar-refractivity contribution in [2.24, 2.45) is 0 Å². The lowest BCUT2D eigenvalue weighted by atomic mass is 10.2. The van der Waals surface area contributed by atoms with Crippen LogP contribution in [0, 0.1) is 6.92 Å². The Bertz CT molecular complexity index is 537. The van der Waals surface area contributed by atoms with Gasteiger partial charge in [0.25, 0.3) is 11.5 Å². The highest BCUT2D eigenvalue weighted by Crippen LogP contribution is 2.37. The summed E-state index contributed by atoms with van der Waals surface area (Å²) in [6.45, 7) is 2.41. The molecule has 0 aliphatic heterocycles. The highest BCUT2D eigenvalue weighted by Gasteiger charge is 2.27. The number of aromatic amines is 1. The SMILES string of the molecule is Cc1nc(C2CC2)[nH]c(=O)c1C(=O)NCCOCCO. The third kappa shape index (κ3) is 3.64. The number of rotatable bonds is 7. The number of carbonyl (C=O) groups is 1. The number of hydrogen-bond donors (Lipinski definition) is 3. The summed E-state index contributed by atoms with van der Waals surface area (Å²) >= 11 is 0. The molecule has 1 fully saturated rings. The molecule has 0 saturated heterocycles. The minimum atomic E-state index is -0.453. The summed E-state index contributed by atoms with van der Waals surface area (Å²) in [5.74, 6) is 0.562. The van der Waals surface area contributed by atoms with Gasteiger partial charge < -0.3 is 20.1 Å². The molecule has 20 heavy (non-hydrogen) atoms. The lowest BCUT2D eigenvalue weighted by Gasteiger charge is -2.08. The molecule has 7 heteroatoms. The first-order chi connectivity index (χ1) is 9.63. The molecule has 1 aromatic rings. The van der Waals surface area contributed by atoms with E-state index in [4.69, 9.17) is 9.84 Å². The average Bonchev–Trinajstić information content (AvgIpc) is 3.21. The van der Waals surface area contributed by atoms with Crippen LogP contribution in [0.25, 0.3) is 0 Å². The Morgan fingerprint density at radius 1 is 1.50 bits per heavy atom. The van der Waals surface area contributed by atoms with E-state index in [9.17, 15) is 9.59 Å². The van der Waals surface area contributed by atoms with Crippen LogP contribution in [-0.4, -0.2) is 47.3 Å². The van der Waals surface area contributed by atoms with Gasteiger partial charge in [0.05, 0.1) is 25.5 Å². The quantitative estimate of drug-likeness (QED) is 0.595. The minimum Gasteiger partial charge on any atom is -0.394 e. The van der Waals surface area contributed by atoms with Crippen molar-refractivity contribution in [1.29, 1.82) is 0 Å². The number of H-pyrrole nitrogens is 1. The van der Waals surface area contributed by atoms with Gasteiger partial charge >= 0.3 is 0 Å². The molecule has 0 atom stereocenters. The lowest BCUT2D eigenvalue weighted by Crippen LogP contribution is -2.34. The molecule has 0 radical (unpaired) electrons. The molecule has 1 aromatic heterocycles. The lowest BCUT2D eigenvalue weighted by molar-refractivity contribution is 0.0836. The Balaban J connectivity index is 1.97. The molecule has 0 spiro atoms. The van der Waals surface area contributed by atoms with Crippen LogP contribution in [0.4, 0.5) is 0 Å². The molecule has 110 valence electrons. The Hall–Kier alpha value is -1.73. The molecule has 7 nitrogen and oxygen atoms in total. The fourth-order valence-electron chi connectivity index (χ4n) is 1.92. The summed E-state index contributed by atoms with van der Waals surface area (Å²) in [4.78, 5) is 30.9. The number of amides is 1. The number of aryl methyl sites for hydroxylation is 1. The zero-order valence-electron chi connectivity index (χ0n) is 11.4. The summed E-state index contributed by atoms with van der Waals surface area (Å²) < 4.78 is 5.02. The summed E-state index contributed by atoms with van der Waals surface area (Å²) in [5, 5.41) is 11.1. The molecule has 1 heterocycles. The van der Waals surface area contributed by atoms with Gasteiger partial charge in [-0.05, 0) is 19.8 Å². The van der Waals surface area contributed by atoms with Gasteiger partial charge in [-0.15, -0.1) is 0 Å². The maximum Gasteiger partial charge on any atom is 0.264 e. The van der Waals surface area contributed by atoms with Gasteiger partial charge in [-0.25, -0.2) is 4.98 Å². The molecule has 0 unspecified atom stereocenters. The van der Waals surface area contributed by atoms with E-state index in [2.05, 4.69) is 15.3 Å². The number of aromatic nitrogens is 2. The molecule has 3 N–H and O–H groups in total. The van der Waals surface area contributed by atoms with Crippen molar-refractivity contribution in [2.75, 3.05) is 26.4 Å². The van der Waals surface area contributed by atoms with Gasteiger partial charge in [-0.2, -0.15) is 0 Å². The highest BCUT2D eigenvalue weighted by molar-refractivity contribution is 5.94. The van der Waals surface area contributed by atoms with Crippen LogP contribution in [0.1, 0.15) is 40.6 Å². The van der Waals surface area contributed by atoms with E-state index in [1.807, 2.05) is 0 Å². The van der Waals surface area contributed by atoms with E-state index < -0.39 is 11.5 Å². The van der Waals surface area contributed by atoms with Crippen molar-refractivity contribution >= 4 is 5.91 Å². The number of hydrogen-bond acceptors (Lipinski definition) is 5. The molecule has 1 aliphatic rings. The van der Waals surface area contributed by atoms with E-state index in [1.54, 1.807) is 6.92 Å². The molecular weight excluding hydrogens is 262 g/mol. The largest absolute Gasteiger partial charge is 0.394 e. The third-order valence-corrected chi connectivity index (χ3v) is 3.08. The van der Waals surface area contributed by atoms with Crippen LogP contribution in [0.3, 0.4) is 0 Å². The van der Waals surface area contributed by atoms with Crippen LogP contribution < -0.4 is 10.9 Å². The van der Waals surface area contributed by atoms with E-state index in [1.165, 1.54) is 0 Å². The van der Waals surface area contributed by atoms with Crippen molar-refractivity contribution in [2.45, 2.75) is 25.7 Å². The molecule has 2 rings (SSSR count). The summed E-state index contributed by atoms with van der Waals surface area (Å²) in [6, 6.07) is 0. The van der Waals surface area contributed by atoms with Gasteiger partial charge in [0.15, 0.2) is 0 Å². The van der Waals surface area contributed by atoms with E-state index in [-0.39, 0.29) is 31.9 Å². The van der Waals surface area contributed by atoms with Crippen molar-refractivity contribution in [3.63, 3.8) is 0 Å². The average molecular weight is 281 g/mol. The van der Waals surface area contributed by atoms with Gasteiger partial charge in [-0.3, -0.25) is 9.59 Å². The zero-order chi connectivity index (χ0) is 14.5. The molecule has 0 aromatic carbocycles. The second kappa shape index (κ2) is 6.62. The van der Waals surface area contributed by atoms with Crippen LogP contribution in [0.5, 0.6) is 0 Å². The molecule has 1 aliphatic carbocycles. The fraction of sp³-hybridized carbons (Fsp3) is 0.615. The monoisotopic (exact) mass is 281 g/mol. The number of aliphatic hydroxyl groups excluding tert-OH is 1. The Morgan fingerprint density at radius 2 is 2.25 bits per heavy atom. The van der Waals surface area contributed by atoms with Crippen LogP contribution >= 0.6 is 0 Å². The van der Waals surface area contributed by atoms with Gasteiger partial charge in [0.2, 0.25) is 0 Å². The number of aliphatic hydroxyl groups is 1. The molecule has 1 amide bonds. The van der Waals surface area contributed by atoms with Crippen molar-refractivity contribution < 1.29 is 14.6 Å². The smallest absolute Gasteiger partial charge is 0.264 e. The van der Waals surface area contributed by atoms with Crippen LogP contribution in [0.2, 0.25) is 0 Å². The third-order valence-electron chi connectivity index (χ3n) is 3.08. The Morgan fingerprint density at radius 3 is 2.85 bits per heavy atom. The predicted octanol–water partition coefficient (Wildman–Crippen LogP) is -0.306. The second-order valence-electron chi connectivity index (χ2n) is 4.78. The normalized spacial score (nSPS) is 14.3. The summed E-state index contributed by atoms with van der Waals surface area (Å²) in [6.07, 6.45) is 2.08. The standard InChI is InChI=1S/C13H19N3O4/c1-8-10(12(18)14-4-6-20-7-5-17)13(19)16-11(15-8)9-2-3-9/h9,17H,2-7H2,1H3,(H,14,18)(H,15,16,19). The first-order valence-electron chi connectivity index (χ1n) is 6.71. The maximum atomic E-state index is 11.9. The number of nitrogens with zero attached hydrogens (tertiary/aromatic N) is 1. The fourth-order valence-corrected chi connectivity index (χ4v) is 1.92. The van der Waals surface area contributed by atoms with Gasteiger partial charge in [-0.1, -0.05) is 0 Å². The Kier molecular flexibility index (Phi) is 4.86. The zero-order valence-corrected chi connectivity index (χ0v) is 11.4. The topological polar surface area (TPSA) is 104 Å². The maximum absolute atomic E-state index is 11.9. The van der Waals surface area contributed by atoms with Gasteiger partial charge in [0.1, 0.15) is 11.4 Å². The van der Waals surface area contributed by atoms with E-state index >= 15 is 0 Å². The minimum absolute atomic E-state index is 0.0524. The first kappa shape index (κ1) is 14.7. The van der Waals surface area contributed by atoms with Crippen LogP contribution in [-0.2, 0) is 4.74 Å². The second-order valence-corrected chi connectivity index (χ2v) is 4.78. The molecule has 0 bridgehead atoms. The number of carbonyl (C=O) groups excluding carboxylic acids is 1. The van der Waals surface area contributed by atoms with Crippen molar-refractivity contribution in [3.8, 4) is 0 Å². The highest BCUT2D eigenvalue weighted by atomic mass is 16.5. The predicted molar refractivity (Wildman–Crippen MR) is 71.8 cm³/mol.